The quantitative estimate of drug-likeness (QED) is 0.245. The maximum absolute atomic E-state index is 12.7. The van der Waals surface area contributed by atoms with Crippen molar-refractivity contribution in [2.24, 2.45) is 0 Å². The van der Waals surface area contributed by atoms with Gasteiger partial charge in [0.2, 0.25) is 0 Å². The SMILES string of the molecule is CN(CCCNc1cc(-c2ccccc2Cl)nc2c(Br)cnn12)Cc1ccc(C(F)(F)F)cc1. The Morgan fingerprint density at radius 2 is 1.85 bits per heavy atom. The molecule has 2 aromatic carbocycles. The molecule has 0 amide bonds. The van der Waals surface area contributed by atoms with Gasteiger partial charge in [0.05, 0.1) is 21.9 Å². The number of benzene rings is 2. The molecular weight excluding hydrogens is 531 g/mol. The van der Waals surface area contributed by atoms with Gasteiger partial charge in [0.15, 0.2) is 5.65 Å². The number of alkyl halides is 3. The molecule has 4 aromatic rings. The summed E-state index contributed by atoms with van der Waals surface area (Å²) >= 11 is 9.88. The first kappa shape index (κ1) is 24.5. The summed E-state index contributed by atoms with van der Waals surface area (Å²) in [6.45, 7) is 2.01. The van der Waals surface area contributed by atoms with Crippen LogP contribution in [0.1, 0.15) is 17.5 Å². The summed E-state index contributed by atoms with van der Waals surface area (Å²) in [6.07, 6.45) is -1.79. The van der Waals surface area contributed by atoms with Gasteiger partial charge < -0.3 is 10.2 Å². The summed E-state index contributed by atoms with van der Waals surface area (Å²) in [5, 5.41) is 8.43. The third-order valence-corrected chi connectivity index (χ3v) is 6.22. The maximum Gasteiger partial charge on any atom is 0.416 e. The third-order valence-electron chi connectivity index (χ3n) is 5.34. The van der Waals surface area contributed by atoms with Crippen molar-refractivity contribution < 1.29 is 13.2 Å². The van der Waals surface area contributed by atoms with E-state index < -0.39 is 11.7 Å². The number of nitrogens with one attached hydrogen (secondary N) is 1. The largest absolute Gasteiger partial charge is 0.416 e. The third kappa shape index (κ3) is 5.71. The maximum atomic E-state index is 12.7. The minimum absolute atomic E-state index is 0.570. The van der Waals surface area contributed by atoms with Gasteiger partial charge in [0, 0.05) is 29.7 Å². The van der Waals surface area contributed by atoms with Crippen molar-refractivity contribution in [1.29, 1.82) is 0 Å². The zero-order valence-corrected chi connectivity index (χ0v) is 20.6. The minimum Gasteiger partial charge on any atom is -0.370 e. The van der Waals surface area contributed by atoms with Gasteiger partial charge in [0.25, 0.3) is 0 Å². The van der Waals surface area contributed by atoms with E-state index in [2.05, 4.69) is 31.2 Å². The Bertz CT molecular complexity index is 1270. The smallest absolute Gasteiger partial charge is 0.370 e. The summed E-state index contributed by atoms with van der Waals surface area (Å²) in [6, 6.07) is 14.8. The molecule has 5 nitrogen and oxygen atoms in total. The molecule has 0 atom stereocenters. The van der Waals surface area contributed by atoms with Crippen molar-refractivity contribution >= 4 is 39.0 Å². The van der Waals surface area contributed by atoms with Crippen LogP contribution in [0.15, 0.2) is 65.3 Å². The van der Waals surface area contributed by atoms with Crippen molar-refractivity contribution in [3.05, 3.63) is 81.4 Å². The monoisotopic (exact) mass is 551 g/mol. The molecule has 0 saturated carbocycles. The van der Waals surface area contributed by atoms with Gasteiger partial charge in [-0.3, -0.25) is 0 Å². The van der Waals surface area contributed by atoms with Crippen LogP contribution < -0.4 is 5.32 Å². The van der Waals surface area contributed by atoms with E-state index in [-0.39, 0.29) is 0 Å². The molecule has 10 heteroatoms. The summed E-state index contributed by atoms with van der Waals surface area (Å²) < 4.78 is 40.7. The second kappa shape index (κ2) is 10.3. The lowest BCUT2D eigenvalue weighted by molar-refractivity contribution is -0.137. The van der Waals surface area contributed by atoms with Crippen LogP contribution in [-0.4, -0.2) is 39.6 Å². The van der Waals surface area contributed by atoms with Gasteiger partial charge in [-0.05, 0) is 59.7 Å². The van der Waals surface area contributed by atoms with Gasteiger partial charge in [-0.15, -0.1) is 0 Å². The molecule has 34 heavy (non-hydrogen) atoms. The Balaban J connectivity index is 1.38. The van der Waals surface area contributed by atoms with E-state index in [1.807, 2.05) is 37.4 Å². The Morgan fingerprint density at radius 3 is 2.56 bits per heavy atom. The molecule has 2 heterocycles. The first-order valence-corrected chi connectivity index (χ1v) is 11.8. The molecule has 0 fully saturated rings. The molecule has 0 bridgehead atoms. The van der Waals surface area contributed by atoms with Gasteiger partial charge in [-0.2, -0.15) is 22.8 Å². The fourth-order valence-electron chi connectivity index (χ4n) is 3.62. The number of nitrogens with zero attached hydrogens (tertiary/aromatic N) is 4. The van der Waals surface area contributed by atoms with E-state index in [1.165, 1.54) is 12.1 Å². The van der Waals surface area contributed by atoms with E-state index in [1.54, 1.807) is 10.7 Å². The molecule has 0 radical (unpaired) electrons. The van der Waals surface area contributed by atoms with Gasteiger partial charge in [-0.1, -0.05) is 41.9 Å². The van der Waals surface area contributed by atoms with Crippen LogP contribution in [-0.2, 0) is 12.7 Å². The average Bonchev–Trinajstić information content (AvgIpc) is 3.17. The fraction of sp³-hybridized carbons (Fsp3) is 0.250. The Morgan fingerprint density at radius 1 is 1.12 bits per heavy atom. The molecule has 0 saturated heterocycles. The molecule has 178 valence electrons. The predicted octanol–water partition coefficient (Wildman–Crippen LogP) is 6.77. The van der Waals surface area contributed by atoms with Crippen LogP contribution in [0.3, 0.4) is 0 Å². The van der Waals surface area contributed by atoms with E-state index in [9.17, 15) is 13.2 Å². The highest BCUT2D eigenvalue weighted by atomic mass is 79.9. The molecule has 1 N–H and O–H groups in total. The molecule has 4 rings (SSSR count). The van der Waals surface area contributed by atoms with E-state index >= 15 is 0 Å². The van der Waals surface area contributed by atoms with Gasteiger partial charge >= 0.3 is 6.18 Å². The molecular formula is C24H22BrClF3N5. The normalized spacial score (nSPS) is 12.0. The summed E-state index contributed by atoms with van der Waals surface area (Å²) in [7, 11) is 1.95. The number of anilines is 1. The predicted molar refractivity (Wildman–Crippen MR) is 132 cm³/mol. The van der Waals surface area contributed by atoms with E-state index in [4.69, 9.17) is 16.6 Å². The zero-order chi connectivity index (χ0) is 24.3. The highest BCUT2D eigenvalue weighted by molar-refractivity contribution is 9.10. The number of aromatic nitrogens is 3. The summed E-state index contributed by atoms with van der Waals surface area (Å²) in [5.74, 6) is 0.788. The number of fused-ring (bicyclic) bond motifs is 1. The van der Waals surface area contributed by atoms with Crippen LogP contribution >= 0.6 is 27.5 Å². The van der Waals surface area contributed by atoms with Gasteiger partial charge in [0.1, 0.15) is 5.82 Å². The fourth-order valence-corrected chi connectivity index (χ4v) is 4.20. The number of hydrogen-bond acceptors (Lipinski definition) is 4. The molecule has 0 unspecified atom stereocenters. The van der Waals surface area contributed by atoms with E-state index in [0.29, 0.717) is 23.8 Å². The van der Waals surface area contributed by atoms with Crippen molar-refractivity contribution in [2.45, 2.75) is 19.1 Å². The van der Waals surface area contributed by atoms with Crippen LogP contribution in [0.2, 0.25) is 5.02 Å². The van der Waals surface area contributed by atoms with Crippen molar-refractivity contribution in [2.75, 3.05) is 25.5 Å². The second-order valence-electron chi connectivity index (χ2n) is 7.95. The van der Waals surface area contributed by atoms with Crippen molar-refractivity contribution in [1.82, 2.24) is 19.5 Å². The van der Waals surface area contributed by atoms with Crippen LogP contribution in [0.25, 0.3) is 16.9 Å². The number of rotatable bonds is 8. The highest BCUT2D eigenvalue weighted by Crippen LogP contribution is 2.31. The summed E-state index contributed by atoms with van der Waals surface area (Å²) in [4.78, 5) is 6.78. The number of halogens is 5. The Hall–Kier alpha value is -2.62. The topological polar surface area (TPSA) is 45.5 Å². The van der Waals surface area contributed by atoms with Crippen LogP contribution in [0.5, 0.6) is 0 Å². The molecule has 0 aliphatic heterocycles. The Kier molecular flexibility index (Phi) is 7.45. The van der Waals surface area contributed by atoms with Crippen LogP contribution in [0.4, 0.5) is 19.0 Å². The first-order chi connectivity index (χ1) is 16.2. The lowest BCUT2D eigenvalue weighted by atomic mass is 10.1. The number of hydrogen-bond donors (Lipinski definition) is 1. The van der Waals surface area contributed by atoms with E-state index in [0.717, 1.165) is 52.2 Å². The van der Waals surface area contributed by atoms with Crippen molar-refractivity contribution in [3.8, 4) is 11.3 Å². The molecule has 0 aliphatic carbocycles. The Labute approximate surface area is 208 Å². The molecule has 0 aliphatic rings. The van der Waals surface area contributed by atoms with Gasteiger partial charge in [-0.25, -0.2) is 4.98 Å². The zero-order valence-electron chi connectivity index (χ0n) is 18.3. The lowest BCUT2D eigenvalue weighted by Gasteiger charge is -2.18. The molecule has 0 spiro atoms. The van der Waals surface area contributed by atoms with Crippen LogP contribution in [0, 0.1) is 0 Å². The molecule has 2 aromatic heterocycles. The first-order valence-electron chi connectivity index (χ1n) is 10.6. The average molecular weight is 553 g/mol. The highest BCUT2D eigenvalue weighted by Gasteiger charge is 2.29. The lowest BCUT2D eigenvalue weighted by Crippen LogP contribution is -2.21. The second-order valence-corrected chi connectivity index (χ2v) is 9.21. The minimum atomic E-state index is -4.32. The standard InChI is InChI=1S/C24H22BrClF3N5/c1-33(15-16-7-9-17(10-8-16)24(27,28)29)12-4-11-30-22-13-21(18-5-2-3-6-20(18)26)32-23-19(25)14-31-34(22)23/h2-3,5-10,13-14,30H,4,11-12,15H2,1H3. The summed E-state index contributed by atoms with van der Waals surface area (Å²) in [5.41, 5.74) is 2.46. The van der Waals surface area contributed by atoms with Crippen molar-refractivity contribution in [3.63, 3.8) is 0 Å².